The minimum absolute atomic E-state index is 0.0570. The number of likely N-dealkylation sites (tertiary alicyclic amines) is 1. The minimum Gasteiger partial charge on any atom is -0.346 e. The van der Waals surface area contributed by atoms with Crippen molar-refractivity contribution in [3.63, 3.8) is 0 Å². The Bertz CT molecular complexity index is 1480. The number of nitrogens with zero attached hydrogens (tertiary/aromatic N) is 2. The Morgan fingerprint density at radius 3 is 2.30 bits per heavy atom. The van der Waals surface area contributed by atoms with Crippen LogP contribution in [0.15, 0.2) is 23.9 Å². The number of urea groups is 1. The van der Waals surface area contributed by atoms with Crippen LogP contribution in [0.5, 0.6) is 0 Å². The van der Waals surface area contributed by atoms with E-state index in [4.69, 9.17) is 0 Å². The molecule has 4 N–H and O–H groups in total. The molecule has 0 aromatic carbocycles. The Morgan fingerprint density at radius 1 is 1.02 bits per heavy atom. The smallest absolute Gasteiger partial charge is 0.319 e. The summed E-state index contributed by atoms with van der Waals surface area (Å²) in [4.78, 5) is 69.4. The maximum Gasteiger partial charge on any atom is 0.319 e. The summed E-state index contributed by atoms with van der Waals surface area (Å²) in [7, 11) is -3.43. The maximum absolute atomic E-state index is 14.5. The average molecular weight is 719 g/mol. The third-order valence-corrected chi connectivity index (χ3v) is 13.0. The molecule has 2 aliphatic heterocycles. The summed E-state index contributed by atoms with van der Waals surface area (Å²) < 4.78 is 27.0. The van der Waals surface area contributed by atoms with E-state index < -0.39 is 63.1 Å². The average Bonchev–Trinajstić information content (AvgIpc) is 3.36. The molecule has 0 spiro atoms. The van der Waals surface area contributed by atoms with Crippen molar-refractivity contribution >= 4 is 39.6 Å². The summed E-state index contributed by atoms with van der Waals surface area (Å²) >= 11 is 0. The summed E-state index contributed by atoms with van der Waals surface area (Å²) in [5.74, 6) is -2.51. The van der Waals surface area contributed by atoms with Gasteiger partial charge in [0.05, 0.1) is 11.8 Å². The molecule has 4 aliphatic rings. The molecule has 4 rings (SSSR count). The second-order valence-electron chi connectivity index (χ2n) is 16.0. The van der Waals surface area contributed by atoms with Crippen LogP contribution in [0, 0.1) is 22.7 Å². The van der Waals surface area contributed by atoms with Crippen molar-refractivity contribution in [3.05, 3.63) is 23.9 Å². The third kappa shape index (κ3) is 8.96. The van der Waals surface area contributed by atoms with Gasteiger partial charge in [-0.3, -0.25) is 19.2 Å². The number of piperidine rings is 1. The van der Waals surface area contributed by atoms with Crippen LogP contribution in [0.3, 0.4) is 0 Å². The van der Waals surface area contributed by atoms with Crippen LogP contribution < -0.4 is 21.3 Å². The molecule has 2 aliphatic carbocycles. The SMILES string of the molecule is C=CCNC(=O)C(=O)C(CCC)NC(=O)[C@@H]1[C@@H]2[C@H](CN1C(=O)C(NC(=O)N[C@H](CN1CCCCS1(=O)=O)C(C)(C)C)=C1CCCCC1)C2(C)C. The predicted molar refractivity (Wildman–Crippen MR) is 191 cm³/mol. The standard InChI is InChI=1S/C36H58N6O7S/c1-8-15-25(30(43)32(45)37-18-9-2)38-31(44)29-27-24(36(27,6)7)21-42(29)33(46)28(23-16-11-10-12-17-23)40-34(47)39-26(35(3,4)5)22-41-19-13-14-20-50(41,48)49/h9,24-27,29H,2,8,10-22H2,1,3-7H3,(H,37,45)(H,38,44)(H2,39,40,47)/t24-,25?,26+,27-,29-/m0/s1. The minimum atomic E-state index is -3.43. The second kappa shape index (κ2) is 16.0. The molecule has 1 unspecified atom stereocenters. The van der Waals surface area contributed by atoms with E-state index in [0.29, 0.717) is 38.8 Å². The molecule has 0 aromatic rings. The van der Waals surface area contributed by atoms with Gasteiger partial charge in [-0.25, -0.2) is 13.2 Å². The number of ketones is 1. The van der Waals surface area contributed by atoms with Crippen LogP contribution in [0.1, 0.15) is 99.3 Å². The molecule has 0 aromatic heterocycles. The monoisotopic (exact) mass is 718 g/mol. The van der Waals surface area contributed by atoms with Crippen LogP contribution in [0.4, 0.5) is 4.79 Å². The lowest BCUT2D eigenvalue weighted by atomic mass is 9.86. The lowest BCUT2D eigenvalue weighted by Gasteiger charge is -2.37. The van der Waals surface area contributed by atoms with E-state index in [1.165, 1.54) is 15.3 Å². The van der Waals surface area contributed by atoms with Gasteiger partial charge in [0, 0.05) is 32.2 Å². The molecule has 2 saturated carbocycles. The molecular formula is C36H58N6O7S. The Morgan fingerprint density at radius 2 is 1.70 bits per heavy atom. The molecule has 5 atom stereocenters. The number of Topliss-reactive ketones (excluding diaryl/α,β-unsaturated/α-hetero) is 1. The number of carbonyl (C=O) groups excluding carboxylic acids is 5. The van der Waals surface area contributed by atoms with Gasteiger partial charge >= 0.3 is 6.03 Å². The number of fused-ring (bicyclic) bond motifs is 1. The molecule has 5 amide bonds. The molecular weight excluding hydrogens is 660 g/mol. The maximum atomic E-state index is 14.5. The summed E-state index contributed by atoms with van der Waals surface area (Å²) in [6.07, 6.45) is 7.64. The quantitative estimate of drug-likeness (QED) is 0.129. The molecule has 4 fully saturated rings. The van der Waals surface area contributed by atoms with Gasteiger partial charge in [0.2, 0.25) is 21.7 Å². The van der Waals surface area contributed by atoms with E-state index >= 15 is 0 Å². The van der Waals surface area contributed by atoms with Gasteiger partial charge in [0.25, 0.3) is 11.8 Å². The molecule has 2 heterocycles. The number of allylic oxidation sites excluding steroid dienone is 1. The highest BCUT2D eigenvalue weighted by molar-refractivity contribution is 7.89. The molecule has 50 heavy (non-hydrogen) atoms. The first-order valence-corrected chi connectivity index (χ1v) is 19.9. The highest BCUT2D eigenvalue weighted by Crippen LogP contribution is 2.65. The largest absolute Gasteiger partial charge is 0.346 e. The third-order valence-electron chi connectivity index (χ3n) is 11.0. The normalized spacial score (nSPS) is 25.4. The highest BCUT2D eigenvalue weighted by Gasteiger charge is 2.69. The van der Waals surface area contributed by atoms with Crippen LogP contribution in [-0.4, -0.2) is 97.2 Å². The fraction of sp³-hybridized carbons (Fsp3) is 0.750. The highest BCUT2D eigenvalue weighted by atomic mass is 32.2. The molecule has 0 bridgehead atoms. The number of rotatable bonds is 13. The summed E-state index contributed by atoms with van der Waals surface area (Å²) in [5.41, 5.74) is 0.274. The van der Waals surface area contributed by atoms with E-state index in [-0.39, 0.29) is 48.2 Å². The van der Waals surface area contributed by atoms with Crippen molar-refractivity contribution in [2.24, 2.45) is 22.7 Å². The number of nitrogens with one attached hydrogen (secondary N) is 4. The van der Waals surface area contributed by atoms with E-state index in [9.17, 15) is 32.4 Å². The lowest BCUT2D eigenvalue weighted by Crippen LogP contribution is -2.57. The Hall–Kier alpha value is -3.26. The molecule has 280 valence electrons. The van der Waals surface area contributed by atoms with E-state index in [2.05, 4.69) is 41.7 Å². The Labute approximate surface area is 297 Å². The predicted octanol–water partition coefficient (Wildman–Crippen LogP) is 2.98. The van der Waals surface area contributed by atoms with Crippen molar-refractivity contribution < 1.29 is 32.4 Å². The first-order valence-electron chi connectivity index (χ1n) is 18.3. The van der Waals surface area contributed by atoms with Gasteiger partial charge in [0.1, 0.15) is 11.7 Å². The molecule has 0 radical (unpaired) electrons. The number of hydrogen-bond acceptors (Lipinski definition) is 7. The van der Waals surface area contributed by atoms with E-state index in [1.807, 2.05) is 27.7 Å². The van der Waals surface area contributed by atoms with Gasteiger partial charge in [-0.2, -0.15) is 4.31 Å². The molecule has 2 saturated heterocycles. The van der Waals surface area contributed by atoms with Crippen LogP contribution >= 0.6 is 0 Å². The van der Waals surface area contributed by atoms with Gasteiger partial charge < -0.3 is 26.2 Å². The first kappa shape index (κ1) is 39.5. The summed E-state index contributed by atoms with van der Waals surface area (Å²) in [6, 6.07) is -3.08. The fourth-order valence-corrected chi connectivity index (χ4v) is 9.39. The van der Waals surface area contributed by atoms with Crippen molar-refractivity contribution in [1.82, 2.24) is 30.5 Å². The topological polar surface area (TPSA) is 174 Å². The molecule has 14 heteroatoms. The number of amides is 5. The Kier molecular flexibility index (Phi) is 12.6. The van der Waals surface area contributed by atoms with Gasteiger partial charge in [0.15, 0.2) is 0 Å². The number of sulfonamides is 1. The zero-order chi connectivity index (χ0) is 37.0. The van der Waals surface area contributed by atoms with Crippen molar-refractivity contribution in [2.45, 2.75) is 117 Å². The van der Waals surface area contributed by atoms with Crippen molar-refractivity contribution in [2.75, 3.05) is 31.9 Å². The zero-order valence-corrected chi connectivity index (χ0v) is 31.5. The number of hydrogen-bond donors (Lipinski definition) is 4. The van der Waals surface area contributed by atoms with E-state index in [0.717, 1.165) is 31.3 Å². The van der Waals surface area contributed by atoms with Crippen molar-refractivity contribution in [1.29, 1.82) is 0 Å². The number of carbonyl (C=O) groups is 5. The van der Waals surface area contributed by atoms with E-state index in [1.54, 1.807) is 0 Å². The van der Waals surface area contributed by atoms with Crippen molar-refractivity contribution in [3.8, 4) is 0 Å². The van der Waals surface area contributed by atoms with Gasteiger partial charge in [-0.1, -0.05) is 60.5 Å². The fourth-order valence-electron chi connectivity index (χ4n) is 7.78. The molecule has 13 nitrogen and oxygen atoms in total. The Balaban J connectivity index is 1.57. The van der Waals surface area contributed by atoms with Gasteiger partial charge in [-0.05, 0) is 73.2 Å². The second-order valence-corrected chi connectivity index (χ2v) is 18.1. The zero-order valence-electron chi connectivity index (χ0n) is 30.7. The van der Waals surface area contributed by atoms with Crippen LogP contribution in [0.2, 0.25) is 0 Å². The summed E-state index contributed by atoms with van der Waals surface area (Å²) in [5, 5.41) is 11.1. The summed E-state index contributed by atoms with van der Waals surface area (Å²) in [6.45, 7) is 16.3. The lowest BCUT2D eigenvalue weighted by molar-refractivity contribution is -0.142. The van der Waals surface area contributed by atoms with Crippen LogP contribution in [-0.2, 0) is 29.2 Å². The first-order chi connectivity index (χ1) is 23.4. The van der Waals surface area contributed by atoms with Gasteiger partial charge in [-0.15, -0.1) is 6.58 Å². The van der Waals surface area contributed by atoms with Crippen LogP contribution in [0.25, 0.3) is 0 Å².